The minimum atomic E-state index is -0.166. The van der Waals surface area contributed by atoms with Crippen LogP contribution in [0.2, 0.25) is 0 Å². The summed E-state index contributed by atoms with van der Waals surface area (Å²) in [6.07, 6.45) is -0.166. The van der Waals surface area contributed by atoms with Gasteiger partial charge < -0.3 is 9.88 Å². The Morgan fingerprint density at radius 2 is 1.42 bits per heavy atom. The lowest BCUT2D eigenvalue weighted by molar-refractivity contribution is 0.656. The van der Waals surface area contributed by atoms with Gasteiger partial charge in [-0.05, 0) is 40.5 Å². The van der Waals surface area contributed by atoms with E-state index in [4.69, 9.17) is 4.99 Å². The summed E-state index contributed by atoms with van der Waals surface area (Å²) in [6.45, 7) is 4.74. The molecule has 1 aliphatic heterocycles. The summed E-state index contributed by atoms with van der Waals surface area (Å²) in [5, 5.41) is 6.46. The van der Waals surface area contributed by atoms with E-state index in [1.54, 1.807) is 0 Å². The quantitative estimate of drug-likeness (QED) is 0.259. The molecule has 1 unspecified atom stereocenters. The van der Waals surface area contributed by atoms with Gasteiger partial charge in [-0.15, -0.1) is 0 Å². The van der Waals surface area contributed by atoms with Crippen LogP contribution < -0.4 is 5.32 Å². The van der Waals surface area contributed by atoms with E-state index < -0.39 is 0 Å². The Bertz CT molecular complexity index is 1920. The van der Waals surface area contributed by atoms with Gasteiger partial charge >= 0.3 is 0 Å². The highest BCUT2D eigenvalue weighted by atomic mass is 15.2. The number of anilines is 1. The van der Waals surface area contributed by atoms with Crippen molar-refractivity contribution in [2.45, 2.75) is 25.4 Å². The van der Waals surface area contributed by atoms with Gasteiger partial charge in [-0.3, -0.25) is 0 Å². The van der Waals surface area contributed by atoms with Crippen LogP contribution in [0, 0.1) is 0 Å². The molecule has 0 amide bonds. The van der Waals surface area contributed by atoms with E-state index in [1.165, 1.54) is 44.1 Å². The summed E-state index contributed by atoms with van der Waals surface area (Å²) >= 11 is 0. The van der Waals surface area contributed by atoms with Crippen molar-refractivity contribution in [1.82, 2.24) is 4.57 Å². The van der Waals surface area contributed by atoms with Crippen LogP contribution in [0.3, 0.4) is 0 Å². The summed E-state index contributed by atoms with van der Waals surface area (Å²) in [5.74, 6) is 0. The second-order valence-electron chi connectivity index (χ2n) is 10.9. The summed E-state index contributed by atoms with van der Waals surface area (Å²) in [7, 11) is 0. The average Bonchev–Trinajstić information content (AvgIpc) is 3.42. The molecule has 3 heteroatoms. The number of nitrogens with one attached hydrogen (secondary N) is 1. The SMILES string of the molecule is CC1(C)c2ccccc2-c2ccc3c4ccccc4n(C4Nc5ccccc5N=C4c4ccccc4)c3c21. The minimum Gasteiger partial charge on any atom is -0.358 e. The third-order valence-corrected chi connectivity index (χ3v) is 8.41. The molecule has 1 N–H and O–H groups in total. The van der Waals surface area contributed by atoms with Crippen molar-refractivity contribution in [2.24, 2.45) is 4.99 Å². The lowest BCUT2D eigenvalue weighted by Crippen LogP contribution is -2.30. The van der Waals surface area contributed by atoms with Crippen molar-refractivity contribution in [3.05, 3.63) is 132 Å². The first-order valence-electron chi connectivity index (χ1n) is 13.3. The van der Waals surface area contributed by atoms with Crippen LogP contribution >= 0.6 is 0 Å². The molecule has 1 aliphatic carbocycles. The second kappa shape index (κ2) is 7.69. The molecule has 2 heterocycles. The third-order valence-electron chi connectivity index (χ3n) is 8.41. The van der Waals surface area contributed by atoms with Crippen LogP contribution in [-0.4, -0.2) is 10.3 Å². The number of para-hydroxylation sites is 3. The molecule has 0 fully saturated rings. The first-order valence-corrected chi connectivity index (χ1v) is 13.3. The van der Waals surface area contributed by atoms with Gasteiger partial charge in [-0.25, -0.2) is 4.99 Å². The standard InChI is InChI=1S/C35H27N3/c1-35(2)27-16-8-6-14-23(27)25-20-21-26-24-15-7-11-19-30(24)38(33(26)31(25)35)34-32(22-12-4-3-5-13-22)36-28-17-9-10-18-29(28)37-34/h3-21,34,37H,1-2H3. The lowest BCUT2D eigenvalue weighted by Gasteiger charge is -2.31. The molecule has 182 valence electrons. The molecule has 3 nitrogen and oxygen atoms in total. The Hall–Kier alpha value is -4.63. The van der Waals surface area contributed by atoms with Gasteiger partial charge in [0.05, 0.1) is 28.1 Å². The smallest absolute Gasteiger partial charge is 0.148 e. The van der Waals surface area contributed by atoms with Crippen LogP contribution in [0.25, 0.3) is 32.9 Å². The van der Waals surface area contributed by atoms with E-state index in [0.717, 1.165) is 22.6 Å². The fourth-order valence-corrected chi connectivity index (χ4v) is 6.73. The molecule has 38 heavy (non-hydrogen) atoms. The highest BCUT2D eigenvalue weighted by Gasteiger charge is 2.39. The number of aliphatic imine (C=N–C) groups is 1. The van der Waals surface area contributed by atoms with Gasteiger partial charge in [0.1, 0.15) is 6.17 Å². The Labute approximate surface area is 222 Å². The maximum absolute atomic E-state index is 5.27. The Morgan fingerprint density at radius 1 is 0.684 bits per heavy atom. The Balaban J connectivity index is 1.50. The molecule has 0 saturated heterocycles. The van der Waals surface area contributed by atoms with Gasteiger partial charge in [-0.1, -0.05) is 111 Å². The maximum atomic E-state index is 5.27. The van der Waals surface area contributed by atoms with Crippen LogP contribution in [0.1, 0.15) is 36.7 Å². The number of hydrogen-bond donors (Lipinski definition) is 1. The monoisotopic (exact) mass is 489 g/mol. The molecule has 0 saturated carbocycles. The molecular formula is C35H27N3. The van der Waals surface area contributed by atoms with Crippen LogP contribution in [0.15, 0.2) is 120 Å². The summed E-state index contributed by atoms with van der Waals surface area (Å²) < 4.78 is 2.51. The van der Waals surface area contributed by atoms with E-state index >= 15 is 0 Å². The van der Waals surface area contributed by atoms with E-state index in [1.807, 2.05) is 0 Å². The predicted molar refractivity (Wildman–Crippen MR) is 159 cm³/mol. The largest absolute Gasteiger partial charge is 0.358 e. The van der Waals surface area contributed by atoms with E-state index in [-0.39, 0.29) is 11.6 Å². The van der Waals surface area contributed by atoms with Crippen LogP contribution in [0.4, 0.5) is 11.4 Å². The highest BCUT2D eigenvalue weighted by molar-refractivity contribution is 6.15. The minimum absolute atomic E-state index is 0.131. The molecule has 5 aromatic carbocycles. The van der Waals surface area contributed by atoms with Crippen molar-refractivity contribution in [1.29, 1.82) is 0 Å². The molecule has 0 radical (unpaired) electrons. The molecule has 1 aromatic heterocycles. The van der Waals surface area contributed by atoms with Crippen molar-refractivity contribution < 1.29 is 0 Å². The van der Waals surface area contributed by atoms with Gasteiger partial charge in [0.2, 0.25) is 0 Å². The second-order valence-corrected chi connectivity index (χ2v) is 10.9. The fraction of sp³-hybridized carbons (Fsp3) is 0.114. The highest BCUT2D eigenvalue weighted by Crippen LogP contribution is 2.53. The first-order chi connectivity index (χ1) is 18.6. The van der Waals surface area contributed by atoms with Crippen molar-refractivity contribution >= 4 is 38.9 Å². The van der Waals surface area contributed by atoms with Crippen LogP contribution in [0.5, 0.6) is 0 Å². The van der Waals surface area contributed by atoms with Gasteiger partial charge in [0, 0.05) is 21.8 Å². The molecule has 0 spiro atoms. The summed E-state index contributed by atoms with van der Waals surface area (Å²) in [5.41, 5.74) is 12.0. The van der Waals surface area contributed by atoms with Crippen molar-refractivity contribution in [2.75, 3.05) is 5.32 Å². The molecule has 1 atom stereocenters. The maximum Gasteiger partial charge on any atom is 0.148 e. The number of benzene rings is 5. The summed E-state index contributed by atoms with van der Waals surface area (Å²) in [4.78, 5) is 5.27. The Morgan fingerprint density at radius 3 is 2.32 bits per heavy atom. The first kappa shape index (κ1) is 21.5. The molecule has 0 bridgehead atoms. The third kappa shape index (κ3) is 2.82. The van der Waals surface area contributed by atoms with Gasteiger partial charge in [0.15, 0.2) is 0 Å². The predicted octanol–water partition coefficient (Wildman–Crippen LogP) is 8.85. The number of aromatic nitrogens is 1. The molecule has 8 rings (SSSR count). The van der Waals surface area contributed by atoms with E-state index in [2.05, 4.69) is 139 Å². The van der Waals surface area contributed by atoms with Crippen molar-refractivity contribution in [3.63, 3.8) is 0 Å². The van der Waals surface area contributed by atoms with E-state index in [9.17, 15) is 0 Å². The molecular weight excluding hydrogens is 462 g/mol. The zero-order chi connectivity index (χ0) is 25.4. The molecule has 6 aromatic rings. The molecule has 2 aliphatic rings. The zero-order valence-electron chi connectivity index (χ0n) is 21.4. The average molecular weight is 490 g/mol. The number of nitrogens with zero attached hydrogens (tertiary/aromatic N) is 2. The normalized spacial score (nSPS) is 17.0. The van der Waals surface area contributed by atoms with Crippen LogP contribution in [-0.2, 0) is 5.41 Å². The number of hydrogen-bond acceptors (Lipinski definition) is 2. The topological polar surface area (TPSA) is 29.3 Å². The van der Waals surface area contributed by atoms with Crippen molar-refractivity contribution in [3.8, 4) is 11.1 Å². The zero-order valence-corrected chi connectivity index (χ0v) is 21.4. The number of rotatable bonds is 2. The lowest BCUT2D eigenvalue weighted by atomic mass is 9.81. The fourth-order valence-electron chi connectivity index (χ4n) is 6.73. The van der Waals surface area contributed by atoms with E-state index in [0.29, 0.717) is 0 Å². The van der Waals surface area contributed by atoms with Gasteiger partial charge in [0.25, 0.3) is 0 Å². The Kier molecular flexibility index (Phi) is 4.34. The number of fused-ring (bicyclic) bond motifs is 8. The van der Waals surface area contributed by atoms with Gasteiger partial charge in [-0.2, -0.15) is 0 Å². The summed E-state index contributed by atoms with van der Waals surface area (Å²) in [6, 6.07) is 41.3.